The highest BCUT2D eigenvalue weighted by Gasteiger charge is 2.21. The van der Waals surface area contributed by atoms with Gasteiger partial charge in [-0.15, -0.1) is 0 Å². The standard InChI is InChI=1S/C19H20N2O7/c1-12(28-19(23)14-6-4-5-13(9-14)11-26-2)18(22)20-16-10-15(21(24)25)7-8-17(16)27-3/h4-10,12H,11H2,1-3H3,(H,20,22)/t12-/m0/s1. The number of amides is 1. The molecule has 1 amide bonds. The Bertz CT molecular complexity index is 882. The topological polar surface area (TPSA) is 117 Å². The first-order valence-corrected chi connectivity index (χ1v) is 8.28. The molecule has 2 rings (SSSR count). The van der Waals surface area contributed by atoms with Gasteiger partial charge in [0.2, 0.25) is 0 Å². The number of esters is 1. The first kappa shape index (κ1) is 20.8. The van der Waals surface area contributed by atoms with Gasteiger partial charge in [-0.2, -0.15) is 0 Å². The van der Waals surface area contributed by atoms with Gasteiger partial charge in [-0.3, -0.25) is 14.9 Å². The maximum atomic E-state index is 12.4. The maximum absolute atomic E-state index is 12.4. The molecule has 0 aromatic heterocycles. The van der Waals surface area contributed by atoms with Gasteiger partial charge in [0, 0.05) is 19.2 Å². The number of carbonyl (C=O) groups excluding carboxylic acids is 2. The van der Waals surface area contributed by atoms with Crippen molar-refractivity contribution in [2.24, 2.45) is 0 Å². The van der Waals surface area contributed by atoms with E-state index in [2.05, 4.69) is 5.32 Å². The molecule has 0 heterocycles. The Morgan fingerprint density at radius 2 is 1.93 bits per heavy atom. The molecule has 0 aliphatic rings. The number of anilines is 1. The van der Waals surface area contributed by atoms with Crippen LogP contribution in [0.15, 0.2) is 42.5 Å². The number of ether oxygens (including phenoxy) is 3. The summed E-state index contributed by atoms with van der Waals surface area (Å²) in [4.78, 5) is 35.0. The lowest BCUT2D eigenvalue weighted by Gasteiger charge is -2.15. The molecule has 9 heteroatoms. The van der Waals surface area contributed by atoms with E-state index in [1.165, 1.54) is 32.2 Å². The Hall–Kier alpha value is -3.46. The highest BCUT2D eigenvalue weighted by Crippen LogP contribution is 2.29. The summed E-state index contributed by atoms with van der Waals surface area (Å²) >= 11 is 0. The fourth-order valence-electron chi connectivity index (χ4n) is 2.38. The van der Waals surface area contributed by atoms with E-state index in [1.807, 2.05) is 0 Å². The van der Waals surface area contributed by atoms with E-state index in [1.54, 1.807) is 31.4 Å². The lowest BCUT2D eigenvalue weighted by Crippen LogP contribution is -2.30. The molecule has 9 nitrogen and oxygen atoms in total. The van der Waals surface area contributed by atoms with Gasteiger partial charge in [-0.05, 0) is 30.7 Å². The van der Waals surface area contributed by atoms with Crippen LogP contribution < -0.4 is 10.1 Å². The number of nitrogens with one attached hydrogen (secondary N) is 1. The number of nitro groups is 1. The van der Waals surface area contributed by atoms with Gasteiger partial charge in [-0.1, -0.05) is 12.1 Å². The van der Waals surface area contributed by atoms with Crippen molar-refractivity contribution in [3.63, 3.8) is 0 Å². The third-order valence-corrected chi connectivity index (χ3v) is 3.78. The quantitative estimate of drug-likeness (QED) is 0.420. The number of methoxy groups -OCH3 is 2. The second-order valence-corrected chi connectivity index (χ2v) is 5.81. The van der Waals surface area contributed by atoms with E-state index in [0.29, 0.717) is 6.61 Å². The van der Waals surface area contributed by atoms with Gasteiger partial charge in [0.15, 0.2) is 6.10 Å². The van der Waals surface area contributed by atoms with Crippen molar-refractivity contribution in [3.05, 3.63) is 63.7 Å². The van der Waals surface area contributed by atoms with Crippen molar-refractivity contribution < 1.29 is 28.7 Å². The van der Waals surface area contributed by atoms with Crippen LogP contribution in [0.25, 0.3) is 0 Å². The highest BCUT2D eigenvalue weighted by molar-refractivity contribution is 5.98. The predicted octanol–water partition coefficient (Wildman–Crippen LogP) is 2.93. The highest BCUT2D eigenvalue weighted by atomic mass is 16.6. The number of hydrogen-bond donors (Lipinski definition) is 1. The fourth-order valence-corrected chi connectivity index (χ4v) is 2.38. The van der Waals surface area contributed by atoms with Crippen LogP contribution in [0.5, 0.6) is 5.75 Å². The van der Waals surface area contributed by atoms with Gasteiger partial charge in [0.05, 0.1) is 29.9 Å². The van der Waals surface area contributed by atoms with Crippen LogP contribution in [-0.4, -0.2) is 37.1 Å². The molecule has 148 valence electrons. The monoisotopic (exact) mass is 388 g/mol. The van der Waals surface area contributed by atoms with Gasteiger partial charge < -0.3 is 19.5 Å². The number of benzene rings is 2. The summed E-state index contributed by atoms with van der Waals surface area (Å²) in [7, 11) is 2.91. The van der Waals surface area contributed by atoms with Crippen LogP contribution in [-0.2, 0) is 20.9 Å². The first-order chi connectivity index (χ1) is 13.3. The van der Waals surface area contributed by atoms with Gasteiger partial charge in [0.25, 0.3) is 11.6 Å². The maximum Gasteiger partial charge on any atom is 0.338 e. The van der Waals surface area contributed by atoms with Crippen molar-refractivity contribution in [2.75, 3.05) is 19.5 Å². The van der Waals surface area contributed by atoms with E-state index in [-0.39, 0.29) is 22.7 Å². The van der Waals surface area contributed by atoms with Crippen LogP contribution in [0.2, 0.25) is 0 Å². The zero-order chi connectivity index (χ0) is 20.7. The van der Waals surface area contributed by atoms with Gasteiger partial charge in [-0.25, -0.2) is 4.79 Å². The average Bonchev–Trinajstić information content (AvgIpc) is 2.68. The summed E-state index contributed by atoms with van der Waals surface area (Å²) in [5.41, 5.74) is 0.958. The molecule has 0 fully saturated rings. The third kappa shape index (κ3) is 5.27. The molecule has 0 saturated heterocycles. The van der Waals surface area contributed by atoms with E-state index >= 15 is 0 Å². The molecule has 0 bridgehead atoms. The van der Waals surface area contributed by atoms with E-state index in [4.69, 9.17) is 14.2 Å². The van der Waals surface area contributed by atoms with Crippen LogP contribution in [0.3, 0.4) is 0 Å². The van der Waals surface area contributed by atoms with Crippen molar-refractivity contribution in [3.8, 4) is 5.75 Å². The summed E-state index contributed by atoms with van der Waals surface area (Å²) in [5.74, 6) is -1.09. The number of nitro benzene ring substituents is 1. The second kappa shape index (κ2) is 9.47. The smallest absolute Gasteiger partial charge is 0.338 e. The molecule has 0 unspecified atom stereocenters. The molecular weight excluding hydrogens is 368 g/mol. The van der Waals surface area contributed by atoms with Crippen molar-refractivity contribution in [1.29, 1.82) is 0 Å². The minimum Gasteiger partial charge on any atom is -0.495 e. The normalized spacial score (nSPS) is 11.4. The predicted molar refractivity (Wildman–Crippen MR) is 100 cm³/mol. The minimum atomic E-state index is -1.14. The lowest BCUT2D eigenvalue weighted by molar-refractivity contribution is -0.384. The minimum absolute atomic E-state index is 0.103. The van der Waals surface area contributed by atoms with E-state index in [9.17, 15) is 19.7 Å². The number of rotatable bonds is 8. The molecule has 2 aromatic rings. The molecule has 1 atom stereocenters. The largest absolute Gasteiger partial charge is 0.495 e. The first-order valence-electron chi connectivity index (χ1n) is 8.28. The molecule has 2 aromatic carbocycles. The molecule has 0 spiro atoms. The summed E-state index contributed by atoms with van der Waals surface area (Å²) in [5, 5.41) is 13.4. The molecule has 28 heavy (non-hydrogen) atoms. The van der Waals surface area contributed by atoms with Crippen LogP contribution >= 0.6 is 0 Å². The number of carbonyl (C=O) groups is 2. The molecule has 0 saturated carbocycles. The van der Waals surface area contributed by atoms with Crippen LogP contribution in [0.4, 0.5) is 11.4 Å². The van der Waals surface area contributed by atoms with E-state index in [0.717, 1.165) is 5.56 Å². The second-order valence-electron chi connectivity index (χ2n) is 5.81. The van der Waals surface area contributed by atoms with Crippen molar-refractivity contribution in [2.45, 2.75) is 19.6 Å². The zero-order valence-electron chi connectivity index (χ0n) is 15.6. The zero-order valence-corrected chi connectivity index (χ0v) is 15.6. The number of non-ortho nitro benzene ring substituents is 1. The van der Waals surface area contributed by atoms with E-state index < -0.39 is 22.9 Å². The molecular formula is C19H20N2O7. The Kier molecular flexibility index (Phi) is 7.05. The Labute approximate surface area is 161 Å². The lowest BCUT2D eigenvalue weighted by atomic mass is 10.1. The summed E-state index contributed by atoms with van der Waals surface area (Å²) in [6.07, 6.45) is -1.14. The van der Waals surface area contributed by atoms with Crippen molar-refractivity contribution in [1.82, 2.24) is 0 Å². The summed E-state index contributed by atoms with van der Waals surface area (Å²) < 4.78 is 15.3. The molecule has 1 N–H and O–H groups in total. The Balaban J connectivity index is 2.08. The van der Waals surface area contributed by atoms with Gasteiger partial charge >= 0.3 is 5.97 Å². The third-order valence-electron chi connectivity index (χ3n) is 3.78. The Morgan fingerprint density at radius 3 is 2.57 bits per heavy atom. The van der Waals surface area contributed by atoms with Gasteiger partial charge in [0.1, 0.15) is 5.75 Å². The number of nitrogens with zero attached hydrogens (tertiary/aromatic N) is 1. The number of hydrogen-bond acceptors (Lipinski definition) is 7. The van der Waals surface area contributed by atoms with Crippen molar-refractivity contribution >= 4 is 23.3 Å². The summed E-state index contributed by atoms with van der Waals surface area (Å²) in [6.45, 7) is 1.74. The van der Waals surface area contributed by atoms with Crippen LogP contribution in [0, 0.1) is 10.1 Å². The van der Waals surface area contributed by atoms with Crippen LogP contribution in [0.1, 0.15) is 22.8 Å². The SMILES string of the molecule is COCc1cccc(C(=O)O[C@@H](C)C(=O)Nc2cc([N+](=O)[O-])ccc2OC)c1. The fraction of sp³-hybridized carbons (Fsp3) is 0.263. The molecule has 0 radical (unpaired) electrons. The average molecular weight is 388 g/mol. The molecule has 0 aliphatic carbocycles. The molecule has 0 aliphatic heterocycles. The Morgan fingerprint density at radius 1 is 1.18 bits per heavy atom. The summed E-state index contributed by atoms with van der Waals surface area (Å²) in [6, 6.07) is 10.4.